The Morgan fingerprint density at radius 2 is 2.15 bits per heavy atom. The van der Waals surface area contributed by atoms with Gasteiger partial charge in [-0.1, -0.05) is 56.7 Å². The Balaban J connectivity index is 1.43. The average molecular weight is 647 g/mol. The number of halogens is 3. The summed E-state index contributed by atoms with van der Waals surface area (Å²) >= 11 is 11.4. The summed E-state index contributed by atoms with van der Waals surface area (Å²) in [7, 11) is 0. The number of nitrogens with zero attached hydrogens (tertiary/aromatic N) is 5. The SMILES string of the molecule is N#CC1=C(N)N(c2nnc(SCC(=O)Nc3ccc(Cl)cn3)s2)C2=C(C(=O)CCC2)C1c1ccc(Br)cc1F. The van der Waals surface area contributed by atoms with Gasteiger partial charge < -0.3 is 11.1 Å². The summed E-state index contributed by atoms with van der Waals surface area (Å²) in [6, 6.07) is 9.84. The highest BCUT2D eigenvalue weighted by Gasteiger charge is 2.42. The number of Topliss-reactive ketones (excluding diaryl/α,β-unsaturated/α-hetero) is 1. The second-order valence-electron chi connectivity index (χ2n) is 8.53. The van der Waals surface area contributed by atoms with Crippen molar-refractivity contribution < 1.29 is 14.0 Å². The fourth-order valence-electron chi connectivity index (χ4n) is 4.46. The summed E-state index contributed by atoms with van der Waals surface area (Å²) in [4.78, 5) is 31.2. The van der Waals surface area contributed by atoms with E-state index in [0.29, 0.717) is 48.9 Å². The molecule has 2 aromatic heterocycles. The van der Waals surface area contributed by atoms with Crippen molar-refractivity contribution in [1.82, 2.24) is 15.2 Å². The van der Waals surface area contributed by atoms with Gasteiger partial charge in [-0.05, 0) is 37.1 Å². The van der Waals surface area contributed by atoms with E-state index in [9.17, 15) is 14.9 Å². The molecule has 1 unspecified atom stereocenters. The maximum Gasteiger partial charge on any atom is 0.235 e. The van der Waals surface area contributed by atoms with Crippen molar-refractivity contribution in [3.05, 3.63) is 80.1 Å². The number of anilines is 2. The maximum absolute atomic E-state index is 15.1. The van der Waals surface area contributed by atoms with Gasteiger partial charge in [-0.3, -0.25) is 14.5 Å². The topological polar surface area (TPSA) is 138 Å². The van der Waals surface area contributed by atoms with Gasteiger partial charge in [0.2, 0.25) is 11.0 Å². The minimum Gasteiger partial charge on any atom is -0.384 e. The summed E-state index contributed by atoms with van der Waals surface area (Å²) < 4.78 is 16.1. The Kier molecular flexibility index (Phi) is 7.99. The van der Waals surface area contributed by atoms with Crippen LogP contribution in [0.2, 0.25) is 5.02 Å². The second-order valence-corrected chi connectivity index (χ2v) is 12.1. The molecule has 0 fully saturated rings. The van der Waals surface area contributed by atoms with Crippen molar-refractivity contribution in [3.8, 4) is 6.07 Å². The van der Waals surface area contributed by atoms with Crippen LogP contribution in [-0.4, -0.2) is 32.6 Å². The molecule has 0 radical (unpaired) electrons. The van der Waals surface area contributed by atoms with Gasteiger partial charge in [0, 0.05) is 33.9 Å². The van der Waals surface area contributed by atoms with Gasteiger partial charge in [0.25, 0.3) is 0 Å². The molecule has 198 valence electrons. The van der Waals surface area contributed by atoms with Crippen molar-refractivity contribution in [1.29, 1.82) is 5.26 Å². The third kappa shape index (κ3) is 5.56. The monoisotopic (exact) mass is 645 g/mol. The summed E-state index contributed by atoms with van der Waals surface area (Å²) in [6.07, 6.45) is 2.79. The molecule has 1 amide bonds. The lowest BCUT2D eigenvalue weighted by Crippen LogP contribution is -2.38. The summed E-state index contributed by atoms with van der Waals surface area (Å²) in [5, 5.41) is 22.0. The standard InChI is InChI=1S/C25H18BrClFN7O2S2/c26-12-4-6-14(16(28)8-12)21-15(9-29)23(30)35(17-2-1-3-18(36)22(17)21)24-33-34-25(39-24)38-11-20(37)32-19-7-5-13(27)10-31-19/h4-8,10,21H,1-3,11,30H2,(H,31,32,37). The number of ketones is 1. The number of pyridine rings is 1. The minimum absolute atomic E-state index is 0.0467. The van der Waals surface area contributed by atoms with Crippen molar-refractivity contribution in [3.63, 3.8) is 0 Å². The van der Waals surface area contributed by atoms with Crippen molar-refractivity contribution >= 4 is 73.3 Å². The lowest BCUT2D eigenvalue weighted by atomic mass is 9.75. The summed E-state index contributed by atoms with van der Waals surface area (Å²) in [5.74, 6) is -1.44. The van der Waals surface area contributed by atoms with E-state index in [-0.39, 0.29) is 40.8 Å². The molecule has 0 saturated carbocycles. The van der Waals surface area contributed by atoms with E-state index in [1.54, 1.807) is 29.2 Å². The number of allylic oxidation sites excluding steroid dienone is 3. The van der Waals surface area contributed by atoms with Crippen LogP contribution in [0.5, 0.6) is 0 Å². The number of hydrogen-bond acceptors (Lipinski definition) is 10. The van der Waals surface area contributed by atoms with Gasteiger partial charge in [0.15, 0.2) is 10.1 Å². The molecular weight excluding hydrogens is 629 g/mol. The number of hydrogen-bond donors (Lipinski definition) is 2. The first-order valence-corrected chi connectivity index (χ1v) is 14.5. The normalized spacial score (nSPS) is 17.2. The molecule has 0 bridgehead atoms. The highest BCUT2D eigenvalue weighted by molar-refractivity contribution is 9.10. The molecule has 3 N–H and O–H groups in total. The predicted molar refractivity (Wildman–Crippen MR) is 151 cm³/mol. The van der Waals surface area contributed by atoms with E-state index in [1.807, 2.05) is 0 Å². The zero-order valence-corrected chi connectivity index (χ0v) is 23.9. The van der Waals surface area contributed by atoms with Crippen LogP contribution in [0.3, 0.4) is 0 Å². The molecule has 39 heavy (non-hydrogen) atoms. The maximum atomic E-state index is 15.1. The van der Waals surface area contributed by atoms with Crippen molar-refractivity contribution in [2.45, 2.75) is 29.5 Å². The quantitative estimate of drug-likeness (QED) is 0.331. The molecule has 0 saturated heterocycles. The first-order chi connectivity index (χ1) is 18.8. The van der Waals surface area contributed by atoms with E-state index in [1.165, 1.54) is 35.4 Å². The second kappa shape index (κ2) is 11.4. The van der Waals surface area contributed by atoms with Crippen LogP contribution >= 0.6 is 50.6 Å². The van der Waals surface area contributed by atoms with Crippen LogP contribution in [0.15, 0.2) is 68.0 Å². The molecule has 5 rings (SSSR count). The lowest BCUT2D eigenvalue weighted by molar-refractivity contribution is -0.116. The number of aromatic nitrogens is 3. The molecule has 1 aromatic carbocycles. The fourth-order valence-corrected chi connectivity index (χ4v) is 6.58. The Morgan fingerprint density at radius 1 is 1.33 bits per heavy atom. The number of carbonyl (C=O) groups excluding carboxylic acids is 2. The number of nitrogens with two attached hydrogens (primary N) is 1. The first-order valence-electron chi connectivity index (χ1n) is 11.6. The van der Waals surface area contributed by atoms with Crippen LogP contribution in [0.1, 0.15) is 30.7 Å². The Hall–Kier alpha value is -3.31. The number of amides is 1. The Bertz CT molecular complexity index is 1590. The van der Waals surface area contributed by atoms with E-state index < -0.39 is 11.7 Å². The largest absolute Gasteiger partial charge is 0.384 e. The number of nitrogens with one attached hydrogen (secondary N) is 1. The average Bonchev–Trinajstić information content (AvgIpc) is 3.37. The van der Waals surface area contributed by atoms with Crippen molar-refractivity contribution in [2.75, 3.05) is 16.0 Å². The summed E-state index contributed by atoms with van der Waals surface area (Å²) in [5.41, 5.74) is 7.69. The molecular formula is C25H18BrClFN7O2S2. The highest BCUT2D eigenvalue weighted by Crippen LogP contribution is 2.47. The van der Waals surface area contributed by atoms with Crippen LogP contribution < -0.4 is 16.0 Å². The smallest absolute Gasteiger partial charge is 0.235 e. The molecule has 14 heteroatoms. The molecule has 1 aliphatic heterocycles. The van der Waals surface area contributed by atoms with Gasteiger partial charge in [-0.2, -0.15) is 5.26 Å². The third-order valence-corrected chi connectivity index (χ3v) is 8.85. The molecule has 1 aliphatic carbocycles. The first kappa shape index (κ1) is 27.3. The van der Waals surface area contributed by atoms with Crippen LogP contribution in [-0.2, 0) is 9.59 Å². The van der Waals surface area contributed by atoms with Gasteiger partial charge in [0.05, 0.1) is 28.3 Å². The van der Waals surface area contributed by atoms with Crippen LogP contribution in [0.4, 0.5) is 15.3 Å². The number of rotatable bonds is 6. The van der Waals surface area contributed by atoms with Crippen molar-refractivity contribution in [2.24, 2.45) is 5.73 Å². The van der Waals surface area contributed by atoms with Gasteiger partial charge in [0.1, 0.15) is 17.5 Å². The van der Waals surface area contributed by atoms with E-state index >= 15 is 4.39 Å². The third-order valence-electron chi connectivity index (χ3n) is 6.10. The van der Waals surface area contributed by atoms with Crippen LogP contribution in [0, 0.1) is 17.1 Å². The Labute approximate surface area is 244 Å². The Morgan fingerprint density at radius 3 is 2.87 bits per heavy atom. The molecule has 2 aliphatic rings. The molecule has 3 aromatic rings. The van der Waals surface area contributed by atoms with E-state index in [4.69, 9.17) is 17.3 Å². The number of nitriles is 1. The van der Waals surface area contributed by atoms with Gasteiger partial charge in [-0.25, -0.2) is 9.37 Å². The van der Waals surface area contributed by atoms with E-state index in [0.717, 1.165) is 0 Å². The summed E-state index contributed by atoms with van der Waals surface area (Å²) in [6.45, 7) is 0. The lowest BCUT2D eigenvalue weighted by Gasteiger charge is -2.38. The zero-order valence-electron chi connectivity index (χ0n) is 20.0. The van der Waals surface area contributed by atoms with Crippen LogP contribution in [0.25, 0.3) is 0 Å². The number of thioether (sulfide) groups is 1. The number of benzene rings is 1. The molecule has 3 heterocycles. The molecule has 9 nitrogen and oxygen atoms in total. The van der Waals surface area contributed by atoms with Gasteiger partial charge in [-0.15, -0.1) is 10.2 Å². The molecule has 1 atom stereocenters. The van der Waals surface area contributed by atoms with E-state index in [2.05, 4.69) is 42.5 Å². The number of carbonyl (C=O) groups is 2. The molecule has 0 spiro atoms. The van der Waals surface area contributed by atoms with Gasteiger partial charge >= 0.3 is 0 Å². The highest BCUT2D eigenvalue weighted by atomic mass is 79.9. The zero-order chi connectivity index (χ0) is 27.7. The minimum atomic E-state index is -0.922. The predicted octanol–water partition coefficient (Wildman–Crippen LogP) is 5.52. The fraction of sp³-hybridized carbons (Fsp3) is 0.200.